The molecule has 3 rings (SSSR count). The zero-order chi connectivity index (χ0) is 19.2. The first kappa shape index (κ1) is 19.6. The molecule has 2 atom stereocenters. The summed E-state index contributed by atoms with van der Waals surface area (Å²) in [6.45, 7) is 7.13. The third-order valence-corrected chi connectivity index (χ3v) is 5.20. The Balaban J connectivity index is 1.77. The number of aryl methyl sites for hydroxylation is 2. The molecule has 6 nitrogen and oxygen atoms in total. The van der Waals surface area contributed by atoms with Crippen molar-refractivity contribution >= 4 is 5.91 Å². The van der Waals surface area contributed by atoms with E-state index >= 15 is 0 Å². The number of benzene rings is 1. The van der Waals surface area contributed by atoms with Gasteiger partial charge in [0.1, 0.15) is 0 Å². The maximum Gasteiger partial charge on any atom is 0.289 e. The molecule has 1 fully saturated rings. The van der Waals surface area contributed by atoms with E-state index in [2.05, 4.69) is 39.5 Å². The Bertz CT molecular complexity index is 744. The van der Waals surface area contributed by atoms with Gasteiger partial charge in [0.2, 0.25) is 5.76 Å². The first-order valence-corrected chi connectivity index (χ1v) is 9.65. The number of aromatic nitrogens is 1. The number of methoxy groups -OCH3 is 1. The zero-order valence-corrected chi connectivity index (χ0v) is 16.4. The molecule has 1 saturated heterocycles. The van der Waals surface area contributed by atoms with Crippen LogP contribution >= 0.6 is 0 Å². The van der Waals surface area contributed by atoms with Crippen LogP contribution < -0.4 is 5.32 Å². The van der Waals surface area contributed by atoms with Crippen molar-refractivity contribution in [2.75, 3.05) is 33.4 Å². The van der Waals surface area contributed by atoms with Crippen LogP contribution in [0.15, 0.2) is 34.7 Å². The van der Waals surface area contributed by atoms with Crippen LogP contribution in [0.5, 0.6) is 0 Å². The van der Waals surface area contributed by atoms with Gasteiger partial charge < -0.3 is 14.5 Å². The SMILES string of the molecule is CCc1nc(C)c(C(=O)N[C@@H]2CN(CCOC)CC[C@H]2c2ccccc2)o1. The fourth-order valence-corrected chi connectivity index (χ4v) is 3.74. The lowest BCUT2D eigenvalue weighted by atomic mass is 9.85. The molecule has 0 aliphatic carbocycles. The van der Waals surface area contributed by atoms with Gasteiger partial charge in [-0.1, -0.05) is 37.3 Å². The third-order valence-electron chi connectivity index (χ3n) is 5.20. The number of piperidine rings is 1. The topological polar surface area (TPSA) is 67.6 Å². The van der Waals surface area contributed by atoms with E-state index in [-0.39, 0.29) is 17.9 Å². The zero-order valence-electron chi connectivity index (χ0n) is 16.4. The van der Waals surface area contributed by atoms with Crippen LogP contribution in [-0.4, -0.2) is 55.2 Å². The molecule has 1 aromatic heterocycles. The molecule has 6 heteroatoms. The molecule has 1 N–H and O–H groups in total. The molecule has 1 aliphatic rings. The van der Waals surface area contributed by atoms with Gasteiger partial charge in [0.25, 0.3) is 5.91 Å². The molecule has 1 aromatic carbocycles. The molecule has 2 heterocycles. The quantitative estimate of drug-likeness (QED) is 0.811. The second-order valence-electron chi connectivity index (χ2n) is 7.05. The lowest BCUT2D eigenvalue weighted by Gasteiger charge is -2.39. The van der Waals surface area contributed by atoms with E-state index in [1.165, 1.54) is 5.56 Å². The second-order valence-corrected chi connectivity index (χ2v) is 7.05. The fourth-order valence-electron chi connectivity index (χ4n) is 3.74. The van der Waals surface area contributed by atoms with Gasteiger partial charge in [0.15, 0.2) is 5.89 Å². The highest BCUT2D eigenvalue weighted by Crippen LogP contribution is 2.28. The fraction of sp³-hybridized carbons (Fsp3) is 0.524. The van der Waals surface area contributed by atoms with Gasteiger partial charge >= 0.3 is 0 Å². The lowest BCUT2D eigenvalue weighted by Crippen LogP contribution is -2.52. The van der Waals surface area contributed by atoms with E-state index in [0.29, 0.717) is 30.4 Å². The molecule has 1 amide bonds. The highest BCUT2D eigenvalue weighted by atomic mass is 16.5. The summed E-state index contributed by atoms with van der Waals surface area (Å²) in [4.78, 5) is 19.5. The van der Waals surface area contributed by atoms with Crippen LogP contribution in [0.2, 0.25) is 0 Å². The summed E-state index contributed by atoms with van der Waals surface area (Å²) in [5, 5.41) is 3.21. The molecule has 0 bridgehead atoms. The minimum atomic E-state index is -0.181. The minimum absolute atomic E-state index is 0.0140. The molecule has 0 radical (unpaired) electrons. The summed E-state index contributed by atoms with van der Waals surface area (Å²) in [6.07, 6.45) is 1.67. The van der Waals surface area contributed by atoms with E-state index in [1.54, 1.807) is 7.11 Å². The number of carbonyl (C=O) groups excluding carboxylic acids is 1. The number of ether oxygens (including phenoxy) is 1. The monoisotopic (exact) mass is 371 g/mol. The van der Waals surface area contributed by atoms with E-state index in [4.69, 9.17) is 9.15 Å². The van der Waals surface area contributed by atoms with Crippen LogP contribution in [0.3, 0.4) is 0 Å². The highest BCUT2D eigenvalue weighted by molar-refractivity contribution is 5.92. The van der Waals surface area contributed by atoms with Gasteiger partial charge in [0, 0.05) is 38.6 Å². The summed E-state index contributed by atoms with van der Waals surface area (Å²) in [5.41, 5.74) is 1.91. The molecular formula is C21H29N3O3. The van der Waals surface area contributed by atoms with Gasteiger partial charge in [-0.05, 0) is 25.5 Å². The van der Waals surface area contributed by atoms with Crippen LogP contribution in [0.4, 0.5) is 0 Å². The van der Waals surface area contributed by atoms with Crippen molar-refractivity contribution in [3.63, 3.8) is 0 Å². The smallest absolute Gasteiger partial charge is 0.289 e. The molecule has 146 valence electrons. The van der Waals surface area contributed by atoms with E-state index in [9.17, 15) is 4.79 Å². The number of nitrogens with zero attached hydrogens (tertiary/aromatic N) is 2. The van der Waals surface area contributed by atoms with Gasteiger partial charge in [-0.3, -0.25) is 9.69 Å². The summed E-state index contributed by atoms with van der Waals surface area (Å²) in [5.74, 6) is 1.03. The predicted molar refractivity (Wildman–Crippen MR) is 104 cm³/mol. The Morgan fingerprint density at radius 3 is 2.81 bits per heavy atom. The second kappa shape index (κ2) is 9.15. The van der Waals surface area contributed by atoms with Crippen molar-refractivity contribution in [2.24, 2.45) is 0 Å². The maximum atomic E-state index is 12.9. The summed E-state index contributed by atoms with van der Waals surface area (Å²) >= 11 is 0. The van der Waals surface area contributed by atoms with Crippen LogP contribution in [0, 0.1) is 6.92 Å². The number of rotatable bonds is 7. The number of carbonyl (C=O) groups is 1. The van der Waals surface area contributed by atoms with Crippen molar-refractivity contribution in [3.8, 4) is 0 Å². The third kappa shape index (κ3) is 4.76. The molecular weight excluding hydrogens is 342 g/mol. The minimum Gasteiger partial charge on any atom is -0.435 e. The van der Waals surface area contributed by atoms with Crippen molar-refractivity contribution in [2.45, 2.75) is 38.6 Å². The standard InChI is InChI=1S/C21H29N3O3/c1-4-19-22-15(2)20(27-19)21(25)23-18-14-24(12-13-26-3)11-10-17(18)16-8-6-5-7-9-16/h5-9,17-18H,4,10-14H2,1-3H3,(H,23,25)/t17-,18+/m0/s1. The molecule has 0 saturated carbocycles. The van der Waals surface area contributed by atoms with Crippen LogP contribution in [0.1, 0.15) is 47.0 Å². The number of likely N-dealkylation sites (tertiary alicyclic amines) is 1. The Labute approximate surface area is 160 Å². The lowest BCUT2D eigenvalue weighted by molar-refractivity contribution is 0.0825. The van der Waals surface area contributed by atoms with Gasteiger partial charge in [0.05, 0.1) is 12.3 Å². The average molecular weight is 371 g/mol. The molecule has 2 aromatic rings. The number of hydrogen-bond acceptors (Lipinski definition) is 5. The normalized spacial score (nSPS) is 20.6. The maximum absolute atomic E-state index is 12.9. The van der Waals surface area contributed by atoms with Gasteiger partial charge in [-0.2, -0.15) is 0 Å². The Hall–Kier alpha value is -2.18. The number of amides is 1. The summed E-state index contributed by atoms with van der Waals surface area (Å²) < 4.78 is 10.9. The van der Waals surface area contributed by atoms with E-state index in [1.807, 2.05) is 19.9 Å². The number of oxazole rings is 1. The molecule has 27 heavy (non-hydrogen) atoms. The summed E-state index contributed by atoms with van der Waals surface area (Å²) in [6, 6.07) is 10.4. The molecule has 1 aliphatic heterocycles. The number of nitrogens with one attached hydrogen (secondary N) is 1. The van der Waals surface area contributed by atoms with E-state index in [0.717, 1.165) is 26.1 Å². The van der Waals surface area contributed by atoms with Gasteiger partial charge in [-0.15, -0.1) is 0 Å². The Morgan fingerprint density at radius 1 is 1.37 bits per heavy atom. The Kier molecular flexibility index (Phi) is 6.63. The Morgan fingerprint density at radius 2 is 2.15 bits per heavy atom. The van der Waals surface area contributed by atoms with Gasteiger partial charge in [-0.25, -0.2) is 4.98 Å². The van der Waals surface area contributed by atoms with Crippen molar-refractivity contribution in [1.29, 1.82) is 0 Å². The average Bonchev–Trinajstić information content (AvgIpc) is 3.08. The highest BCUT2D eigenvalue weighted by Gasteiger charge is 2.32. The largest absolute Gasteiger partial charge is 0.435 e. The molecule has 0 unspecified atom stereocenters. The van der Waals surface area contributed by atoms with Crippen LogP contribution in [0.25, 0.3) is 0 Å². The predicted octanol–water partition coefficient (Wildman–Crippen LogP) is 2.78. The van der Waals surface area contributed by atoms with Crippen molar-refractivity contribution in [3.05, 3.63) is 53.2 Å². The van der Waals surface area contributed by atoms with Crippen molar-refractivity contribution < 1.29 is 13.9 Å². The first-order chi connectivity index (χ1) is 13.1. The van der Waals surface area contributed by atoms with E-state index < -0.39 is 0 Å². The number of hydrogen-bond donors (Lipinski definition) is 1. The summed E-state index contributed by atoms with van der Waals surface area (Å²) in [7, 11) is 1.72. The van der Waals surface area contributed by atoms with Crippen LogP contribution in [-0.2, 0) is 11.2 Å². The first-order valence-electron chi connectivity index (χ1n) is 9.65. The van der Waals surface area contributed by atoms with Crippen molar-refractivity contribution in [1.82, 2.24) is 15.2 Å². The molecule has 0 spiro atoms.